The Kier molecular flexibility index (Phi) is 4.97. The molecule has 1 unspecified atom stereocenters. The molecule has 0 amide bonds. The summed E-state index contributed by atoms with van der Waals surface area (Å²) >= 11 is 11.8. The Morgan fingerprint density at radius 3 is 2.80 bits per heavy atom. The van der Waals surface area contributed by atoms with Gasteiger partial charge < -0.3 is 5.32 Å². The van der Waals surface area contributed by atoms with Crippen molar-refractivity contribution in [1.82, 2.24) is 10.0 Å². The lowest BCUT2D eigenvalue weighted by molar-refractivity contribution is 0.238. The van der Waals surface area contributed by atoms with Gasteiger partial charge in [-0.15, -0.1) is 0 Å². The van der Waals surface area contributed by atoms with Gasteiger partial charge in [-0.2, -0.15) is 0 Å². The number of hydrogen-bond acceptors (Lipinski definition) is 3. The molecule has 0 aliphatic carbocycles. The van der Waals surface area contributed by atoms with Gasteiger partial charge in [-0.25, -0.2) is 13.1 Å². The van der Waals surface area contributed by atoms with E-state index in [1.54, 1.807) is 12.1 Å². The van der Waals surface area contributed by atoms with Crippen molar-refractivity contribution in [2.45, 2.75) is 24.7 Å². The van der Waals surface area contributed by atoms with Crippen LogP contribution in [0.25, 0.3) is 0 Å². The number of benzene rings is 1. The van der Waals surface area contributed by atoms with E-state index in [1.807, 2.05) is 0 Å². The maximum Gasteiger partial charge on any atom is 0.242 e. The number of sulfonamides is 1. The molecule has 0 radical (unpaired) electrons. The SMILES string of the molecule is CC1(CNS(=O)(=O)c2cccc(Cl)c2Cl)CCCNC1. The first-order valence-electron chi connectivity index (χ1n) is 6.48. The van der Waals surface area contributed by atoms with Gasteiger partial charge in [0.2, 0.25) is 10.0 Å². The molecule has 1 aliphatic rings. The first kappa shape index (κ1) is 16.0. The summed E-state index contributed by atoms with van der Waals surface area (Å²) in [7, 11) is -3.65. The lowest BCUT2D eigenvalue weighted by Gasteiger charge is -2.34. The van der Waals surface area contributed by atoms with Gasteiger partial charge in [-0.05, 0) is 36.9 Å². The third-order valence-corrected chi connectivity index (χ3v) is 5.95. The predicted octanol–water partition coefficient (Wildman–Crippen LogP) is 2.66. The zero-order valence-electron chi connectivity index (χ0n) is 11.2. The molecule has 0 saturated carbocycles. The van der Waals surface area contributed by atoms with Gasteiger partial charge in [0.05, 0.1) is 10.0 Å². The molecule has 2 rings (SSSR count). The second kappa shape index (κ2) is 6.20. The Bertz CT molecular complexity index is 584. The van der Waals surface area contributed by atoms with E-state index in [4.69, 9.17) is 23.2 Å². The second-order valence-electron chi connectivity index (χ2n) is 5.47. The fourth-order valence-electron chi connectivity index (χ4n) is 2.31. The summed E-state index contributed by atoms with van der Waals surface area (Å²) in [5, 5.41) is 3.59. The average molecular weight is 337 g/mol. The van der Waals surface area contributed by atoms with Crippen molar-refractivity contribution < 1.29 is 8.42 Å². The highest BCUT2D eigenvalue weighted by atomic mass is 35.5. The minimum absolute atomic E-state index is 0.0269. The van der Waals surface area contributed by atoms with E-state index >= 15 is 0 Å². The molecular weight excluding hydrogens is 319 g/mol. The van der Waals surface area contributed by atoms with Gasteiger partial charge in [0.1, 0.15) is 4.90 Å². The van der Waals surface area contributed by atoms with Gasteiger partial charge in [0, 0.05) is 13.1 Å². The van der Waals surface area contributed by atoms with Crippen LogP contribution in [0.4, 0.5) is 0 Å². The van der Waals surface area contributed by atoms with Gasteiger partial charge in [-0.1, -0.05) is 36.2 Å². The quantitative estimate of drug-likeness (QED) is 0.888. The Labute approximate surface area is 129 Å². The summed E-state index contributed by atoms with van der Waals surface area (Å²) in [4.78, 5) is 0.0269. The van der Waals surface area contributed by atoms with E-state index in [0.717, 1.165) is 25.9 Å². The van der Waals surface area contributed by atoms with Crippen LogP contribution in [0.15, 0.2) is 23.1 Å². The van der Waals surface area contributed by atoms with E-state index in [2.05, 4.69) is 17.0 Å². The number of halogens is 2. The van der Waals surface area contributed by atoms with E-state index < -0.39 is 10.0 Å². The van der Waals surface area contributed by atoms with Crippen molar-refractivity contribution in [3.63, 3.8) is 0 Å². The zero-order chi connectivity index (χ0) is 14.8. The van der Waals surface area contributed by atoms with Crippen molar-refractivity contribution in [3.8, 4) is 0 Å². The maximum atomic E-state index is 12.3. The summed E-state index contributed by atoms with van der Waals surface area (Å²) in [5.74, 6) is 0. The maximum absolute atomic E-state index is 12.3. The summed E-state index contributed by atoms with van der Waals surface area (Å²) in [6, 6.07) is 4.60. The Balaban J connectivity index is 2.13. The molecule has 0 aromatic heterocycles. The van der Waals surface area contributed by atoms with Crippen LogP contribution < -0.4 is 10.0 Å². The lowest BCUT2D eigenvalue weighted by atomic mass is 9.83. The molecule has 4 nitrogen and oxygen atoms in total. The number of hydrogen-bond donors (Lipinski definition) is 2. The van der Waals surface area contributed by atoms with Crippen LogP contribution in [0.5, 0.6) is 0 Å². The van der Waals surface area contributed by atoms with E-state index in [0.29, 0.717) is 6.54 Å². The molecular formula is C13H18Cl2N2O2S. The third-order valence-electron chi connectivity index (χ3n) is 3.58. The van der Waals surface area contributed by atoms with Crippen LogP contribution in [-0.4, -0.2) is 28.1 Å². The van der Waals surface area contributed by atoms with E-state index in [9.17, 15) is 8.42 Å². The average Bonchev–Trinajstić information content (AvgIpc) is 2.41. The molecule has 0 bridgehead atoms. The van der Waals surface area contributed by atoms with Gasteiger partial charge in [0.15, 0.2) is 0 Å². The number of nitrogens with one attached hydrogen (secondary N) is 2. The summed E-state index contributed by atoms with van der Waals surface area (Å²) in [5.41, 5.74) is -0.0730. The fraction of sp³-hybridized carbons (Fsp3) is 0.538. The van der Waals surface area contributed by atoms with Crippen LogP contribution in [0, 0.1) is 5.41 Å². The van der Waals surface area contributed by atoms with Crippen LogP contribution in [0.1, 0.15) is 19.8 Å². The molecule has 20 heavy (non-hydrogen) atoms. The predicted molar refractivity (Wildman–Crippen MR) is 81.9 cm³/mol. The molecule has 1 aromatic rings. The second-order valence-corrected chi connectivity index (χ2v) is 7.99. The van der Waals surface area contributed by atoms with E-state index in [-0.39, 0.29) is 20.4 Å². The van der Waals surface area contributed by atoms with Crippen molar-refractivity contribution >= 4 is 33.2 Å². The fourth-order valence-corrected chi connectivity index (χ4v) is 4.27. The number of rotatable bonds is 4. The number of piperidine rings is 1. The topological polar surface area (TPSA) is 58.2 Å². The highest BCUT2D eigenvalue weighted by Crippen LogP contribution is 2.30. The van der Waals surface area contributed by atoms with Gasteiger partial charge in [-0.3, -0.25) is 0 Å². The highest BCUT2D eigenvalue weighted by Gasteiger charge is 2.29. The third kappa shape index (κ3) is 3.65. The van der Waals surface area contributed by atoms with Crippen molar-refractivity contribution in [3.05, 3.63) is 28.2 Å². The normalized spacial score (nSPS) is 23.8. The molecule has 2 N–H and O–H groups in total. The van der Waals surface area contributed by atoms with Crippen LogP contribution >= 0.6 is 23.2 Å². The minimum Gasteiger partial charge on any atom is -0.316 e. The monoisotopic (exact) mass is 336 g/mol. The molecule has 1 atom stereocenters. The molecule has 1 saturated heterocycles. The van der Waals surface area contributed by atoms with Crippen LogP contribution in [0.3, 0.4) is 0 Å². The Morgan fingerprint density at radius 1 is 1.40 bits per heavy atom. The molecule has 112 valence electrons. The Hall–Kier alpha value is -0.330. The molecule has 7 heteroatoms. The minimum atomic E-state index is -3.65. The summed E-state index contributed by atoms with van der Waals surface area (Å²) < 4.78 is 27.3. The first-order valence-corrected chi connectivity index (χ1v) is 8.72. The standard InChI is InChI=1S/C13H18Cl2N2O2S/c1-13(6-3-7-16-8-13)9-17-20(18,19)11-5-2-4-10(14)12(11)15/h2,4-5,16-17H,3,6-9H2,1H3. The highest BCUT2D eigenvalue weighted by molar-refractivity contribution is 7.89. The Morgan fingerprint density at radius 2 is 2.15 bits per heavy atom. The van der Waals surface area contributed by atoms with Gasteiger partial charge >= 0.3 is 0 Å². The molecule has 1 heterocycles. The molecule has 1 aromatic carbocycles. The van der Waals surface area contributed by atoms with Gasteiger partial charge in [0.25, 0.3) is 0 Å². The molecule has 1 aliphatic heterocycles. The zero-order valence-corrected chi connectivity index (χ0v) is 13.6. The molecule has 0 spiro atoms. The lowest BCUT2D eigenvalue weighted by Crippen LogP contribution is -2.45. The largest absolute Gasteiger partial charge is 0.316 e. The first-order chi connectivity index (χ1) is 9.34. The summed E-state index contributed by atoms with van der Waals surface area (Å²) in [6.45, 7) is 4.24. The van der Waals surface area contributed by atoms with Crippen molar-refractivity contribution in [1.29, 1.82) is 0 Å². The smallest absolute Gasteiger partial charge is 0.242 e. The molecule has 1 fully saturated rings. The van der Waals surface area contributed by atoms with Crippen LogP contribution in [0.2, 0.25) is 10.0 Å². The van der Waals surface area contributed by atoms with Crippen molar-refractivity contribution in [2.24, 2.45) is 5.41 Å². The van der Waals surface area contributed by atoms with E-state index in [1.165, 1.54) is 6.07 Å². The van der Waals surface area contributed by atoms with Crippen molar-refractivity contribution in [2.75, 3.05) is 19.6 Å². The summed E-state index contributed by atoms with van der Waals surface area (Å²) in [6.07, 6.45) is 2.04. The van der Waals surface area contributed by atoms with Crippen LogP contribution in [-0.2, 0) is 10.0 Å².